The van der Waals surface area contributed by atoms with Crippen molar-refractivity contribution in [3.05, 3.63) is 24.8 Å². The number of rotatable bonds is 12. The lowest BCUT2D eigenvalue weighted by atomic mass is 10.1. The first kappa shape index (κ1) is 19.7. The smallest absolute Gasteiger partial charge is 0.278 e. The van der Waals surface area contributed by atoms with Gasteiger partial charge in [0.25, 0.3) is 5.82 Å². The maximum absolute atomic E-state index is 3.81. The Morgan fingerprint density at radius 2 is 1.55 bits per heavy atom. The van der Waals surface area contributed by atoms with Gasteiger partial charge in [-0.25, -0.2) is 9.55 Å². The molecule has 0 aliphatic carbocycles. The SMILES string of the molecule is C=Cc1[nH]cc[n+]1CCCCCCCCCCCC.[I-]. The molecule has 1 rings (SSSR count). The minimum Gasteiger partial charge on any atom is -1.00 e. The van der Waals surface area contributed by atoms with Crippen molar-refractivity contribution in [1.29, 1.82) is 0 Å². The molecule has 1 N–H and O–H groups in total. The van der Waals surface area contributed by atoms with Gasteiger partial charge in [-0.1, -0.05) is 64.9 Å². The molecule has 1 aromatic rings. The van der Waals surface area contributed by atoms with Crippen LogP contribution < -0.4 is 28.5 Å². The maximum Gasteiger partial charge on any atom is 0.278 e. The van der Waals surface area contributed by atoms with Crippen molar-refractivity contribution in [1.82, 2.24) is 4.98 Å². The quantitative estimate of drug-likeness (QED) is 0.320. The Morgan fingerprint density at radius 1 is 1.00 bits per heavy atom. The Morgan fingerprint density at radius 3 is 2.10 bits per heavy atom. The molecule has 0 spiro atoms. The average molecular weight is 390 g/mol. The fourth-order valence-corrected chi connectivity index (χ4v) is 2.52. The maximum atomic E-state index is 3.81. The lowest BCUT2D eigenvalue weighted by molar-refractivity contribution is -0.697. The Kier molecular flexibility index (Phi) is 13.4. The van der Waals surface area contributed by atoms with Crippen molar-refractivity contribution >= 4 is 6.08 Å². The van der Waals surface area contributed by atoms with Gasteiger partial charge in [0.2, 0.25) is 0 Å². The minimum absolute atomic E-state index is 0. The molecule has 1 heterocycles. The summed E-state index contributed by atoms with van der Waals surface area (Å²) in [6.07, 6.45) is 19.9. The van der Waals surface area contributed by atoms with E-state index < -0.39 is 0 Å². The second kappa shape index (κ2) is 13.7. The molecular formula is C17H31IN2. The van der Waals surface area contributed by atoms with E-state index in [1.807, 2.05) is 12.3 Å². The van der Waals surface area contributed by atoms with E-state index in [0.29, 0.717) is 0 Å². The fourth-order valence-electron chi connectivity index (χ4n) is 2.52. The lowest BCUT2D eigenvalue weighted by Gasteiger charge is -2.02. The van der Waals surface area contributed by atoms with Crippen LogP contribution in [0.1, 0.15) is 77.0 Å². The summed E-state index contributed by atoms with van der Waals surface area (Å²) >= 11 is 0. The van der Waals surface area contributed by atoms with Crippen LogP contribution in [0.2, 0.25) is 0 Å². The zero-order chi connectivity index (χ0) is 13.8. The van der Waals surface area contributed by atoms with Crippen molar-refractivity contribution in [2.24, 2.45) is 0 Å². The predicted molar refractivity (Wildman–Crippen MR) is 82.9 cm³/mol. The number of nitrogens with one attached hydrogen (secondary N) is 1. The van der Waals surface area contributed by atoms with E-state index in [1.165, 1.54) is 64.2 Å². The standard InChI is InChI=1S/C17H30N2.HI/c1-3-5-6-7-8-9-10-11-12-13-15-19-16-14-18-17(19)4-2;/h4,14,16H,2-3,5-13,15H2,1H3;1H. The summed E-state index contributed by atoms with van der Waals surface area (Å²) in [5, 5.41) is 0. The Bertz CT molecular complexity index is 333. The van der Waals surface area contributed by atoms with Gasteiger partial charge in [-0.3, -0.25) is 0 Å². The van der Waals surface area contributed by atoms with Crippen molar-refractivity contribution in [3.63, 3.8) is 0 Å². The zero-order valence-electron chi connectivity index (χ0n) is 13.0. The predicted octanol–water partition coefficient (Wildman–Crippen LogP) is 1.87. The van der Waals surface area contributed by atoms with Gasteiger partial charge in [-0.2, -0.15) is 0 Å². The van der Waals surface area contributed by atoms with Gasteiger partial charge < -0.3 is 24.0 Å². The molecule has 0 bridgehead atoms. The van der Waals surface area contributed by atoms with Gasteiger partial charge in [0.05, 0.1) is 6.54 Å². The van der Waals surface area contributed by atoms with Crippen molar-refractivity contribution < 1.29 is 28.5 Å². The molecule has 2 nitrogen and oxygen atoms in total. The molecule has 0 unspecified atom stereocenters. The summed E-state index contributed by atoms with van der Waals surface area (Å²) in [5.41, 5.74) is 0. The molecule has 0 atom stereocenters. The number of hydrogen-bond acceptors (Lipinski definition) is 0. The number of unbranched alkanes of at least 4 members (excludes halogenated alkanes) is 9. The third-order valence-electron chi connectivity index (χ3n) is 3.74. The summed E-state index contributed by atoms with van der Waals surface area (Å²) in [6.45, 7) is 7.20. The van der Waals surface area contributed by atoms with Gasteiger partial charge in [-0.15, -0.1) is 0 Å². The molecule has 0 aliphatic heterocycles. The van der Waals surface area contributed by atoms with Gasteiger partial charge in [0, 0.05) is 6.08 Å². The summed E-state index contributed by atoms with van der Waals surface area (Å²) in [5.74, 6) is 1.12. The van der Waals surface area contributed by atoms with E-state index in [1.54, 1.807) is 0 Å². The molecule has 20 heavy (non-hydrogen) atoms. The van der Waals surface area contributed by atoms with Crippen LogP contribution in [0.3, 0.4) is 0 Å². The number of H-pyrrole nitrogens is 1. The molecule has 0 saturated carbocycles. The van der Waals surface area contributed by atoms with Gasteiger partial charge in [0.15, 0.2) is 0 Å². The van der Waals surface area contributed by atoms with Crippen LogP contribution in [0, 0.1) is 0 Å². The molecule has 116 valence electrons. The fraction of sp³-hybridized carbons (Fsp3) is 0.706. The molecule has 0 radical (unpaired) electrons. The van der Waals surface area contributed by atoms with E-state index >= 15 is 0 Å². The van der Waals surface area contributed by atoms with E-state index in [-0.39, 0.29) is 24.0 Å². The highest BCUT2D eigenvalue weighted by atomic mass is 127. The van der Waals surface area contributed by atoms with Gasteiger partial charge in [-0.05, 0) is 12.8 Å². The molecule has 0 fully saturated rings. The van der Waals surface area contributed by atoms with Crippen molar-refractivity contribution in [2.75, 3.05) is 0 Å². The topological polar surface area (TPSA) is 19.7 Å². The second-order valence-electron chi connectivity index (χ2n) is 5.42. The summed E-state index contributed by atoms with van der Waals surface area (Å²) < 4.78 is 2.25. The van der Waals surface area contributed by atoms with E-state index in [0.717, 1.165) is 12.4 Å². The third-order valence-corrected chi connectivity index (χ3v) is 3.74. The Balaban J connectivity index is 0.00000361. The molecule has 0 aliphatic rings. The number of nitrogens with zero attached hydrogens (tertiary/aromatic N) is 1. The van der Waals surface area contributed by atoms with Crippen LogP contribution >= 0.6 is 0 Å². The van der Waals surface area contributed by atoms with Crippen LogP contribution in [0.25, 0.3) is 6.08 Å². The van der Waals surface area contributed by atoms with E-state index in [9.17, 15) is 0 Å². The Labute approximate surface area is 142 Å². The van der Waals surface area contributed by atoms with Crippen molar-refractivity contribution in [2.45, 2.75) is 77.7 Å². The number of imidazole rings is 1. The van der Waals surface area contributed by atoms with Crippen LogP contribution in [0.5, 0.6) is 0 Å². The molecular weight excluding hydrogens is 359 g/mol. The minimum atomic E-state index is 0. The van der Waals surface area contributed by atoms with E-state index in [2.05, 4.69) is 29.3 Å². The molecule has 0 saturated heterocycles. The molecule has 1 aromatic heterocycles. The number of aromatic amines is 1. The van der Waals surface area contributed by atoms with Gasteiger partial charge >= 0.3 is 0 Å². The zero-order valence-corrected chi connectivity index (χ0v) is 15.2. The number of hydrogen-bond donors (Lipinski definition) is 1. The summed E-state index contributed by atoms with van der Waals surface area (Å²) in [4.78, 5) is 3.19. The highest BCUT2D eigenvalue weighted by Gasteiger charge is 2.04. The largest absolute Gasteiger partial charge is 1.00 e. The van der Waals surface area contributed by atoms with Crippen LogP contribution in [-0.4, -0.2) is 4.98 Å². The van der Waals surface area contributed by atoms with Crippen molar-refractivity contribution in [3.8, 4) is 0 Å². The summed E-state index contributed by atoms with van der Waals surface area (Å²) in [7, 11) is 0. The average Bonchev–Trinajstić information content (AvgIpc) is 2.88. The molecule has 3 heteroatoms. The van der Waals surface area contributed by atoms with Crippen LogP contribution in [-0.2, 0) is 6.54 Å². The number of halogens is 1. The number of aryl methyl sites for hydroxylation is 1. The van der Waals surface area contributed by atoms with Gasteiger partial charge in [0.1, 0.15) is 12.4 Å². The van der Waals surface area contributed by atoms with Crippen LogP contribution in [0.4, 0.5) is 0 Å². The highest BCUT2D eigenvalue weighted by Crippen LogP contribution is 2.10. The normalized spacial score (nSPS) is 10.2. The van der Waals surface area contributed by atoms with Crippen LogP contribution in [0.15, 0.2) is 19.0 Å². The highest BCUT2D eigenvalue weighted by molar-refractivity contribution is 5.31. The van der Waals surface area contributed by atoms with E-state index in [4.69, 9.17) is 0 Å². The monoisotopic (exact) mass is 390 g/mol. The number of aromatic nitrogens is 2. The molecule has 0 amide bonds. The molecule has 0 aromatic carbocycles. The summed E-state index contributed by atoms with van der Waals surface area (Å²) in [6, 6.07) is 0. The first-order chi connectivity index (χ1) is 9.38. The Hall–Kier alpha value is -0.320. The lowest BCUT2D eigenvalue weighted by Crippen LogP contribution is -3.00. The first-order valence-corrected chi connectivity index (χ1v) is 8.07. The third kappa shape index (κ3) is 8.77. The first-order valence-electron chi connectivity index (χ1n) is 8.07. The second-order valence-corrected chi connectivity index (χ2v) is 5.42.